The number of allylic oxidation sites excluding steroid dienone is 1. The second-order valence-electron chi connectivity index (χ2n) is 12.7. The van der Waals surface area contributed by atoms with Gasteiger partial charge >= 0.3 is 0 Å². The van der Waals surface area contributed by atoms with Gasteiger partial charge in [0, 0.05) is 29.6 Å². The standard InChI is InChI=1S/C39H54ClN7OS/c1-8-14-17-28(11-4)26-47(27-29(12-5)18-15-9-2)32-20-21-34(35(23-32)44-38(48)30(13-6)19-16-10-3)45-46-39-33(25-42)37(40)36(49-39)22-31(24-41)43-7/h20-23,28-30H,8-19,26-27H2,1-6H3,(H,44,48)/b31-22+,46-45?. The molecule has 0 aliphatic heterocycles. The van der Waals surface area contributed by atoms with E-state index in [1.54, 1.807) is 0 Å². The molecule has 2 rings (SSSR count). The number of azo groups is 1. The predicted octanol–water partition coefficient (Wildman–Crippen LogP) is 12.9. The quantitative estimate of drug-likeness (QED) is 0.0747. The molecule has 1 heterocycles. The number of benzene rings is 1. The molecule has 1 aromatic carbocycles. The molecule has 0 saturated carbocycles. The summed E-state index contributed by atoms with van der Waals surface area (Å²) in [5.41, 5.74) is 2.08. The van der Waals surface area contributed by atoms with Crippen LogP contribution in [-0.2, 0) is 4.79 Å². The Kier molecular flexibility index (Phi) is 19.3. The third-order valence-electron chi connectivity index (χ3n) is 9.14. The largest absolute Gasteiger partial charge is 0.371 e. The van der Waals surface area contributed by atoms with Crippen LogP contribution in [0.4, 0.5) is 22.1 Å². The number of nitriles is 2. The number of thiophene rings is 1. The van der Waals surface area contributed by atoms with E-state index in [1.165, 1.54) is 44.6 Å². The summed E-state index contributed by atoms with van der Waals surface area (Å²) in [7, 11) is 0. The summed E-state index contributed by atoms with van der Waals surface area (Å²) in [4.78, 5) is 19.7. The highest BCUT2D eigenvalue weighted by atomic mass is 35.5. The monoisotopic (exact) mass is 703 g/mol. The summed E-state index contributed by atoms with van der Waals surface area (Å²) in [5.74, 6) is 0.988. The number of unbranched alkanes of at least 4 members (excludes halogenated alkanes) is 3. The molecule has 1 aromatic heterocycles. The second kappa shape index (κ2) is 22.8. The van der Waals surface area contributed by atoms with Crippen molar-refractivity contribution in [3.63, 3.8) is 0 Å². The van der Waals surface area contributed by atoms with Crippen molar-refractivity contribution in [1.82, 2.24) is 0 Å². The van der Waals surface area contributed by atoms with Crippen molar-refractivity contribution in [1.29, 1.82) is 10.5 Å². The Hall–Kier alpha value is -3.71. The summed E-state index contributed by atoms with van der Waals surface area (Å²) in [5, 5.41) is 31.6. The average Bonchev–Trinajstić information content (AvgIpc) is 3.42. The summed E-state index contributed by atoms with van der Waals surface area (Å²) >= 11 is 7.54. The number of hydrogen-bond donors (Lipinski definition) is 1. The molecule has 10 heteroatoms. The minimum Gasteiger partial charge on any atom is -0.371 e. The van der Waals surface area contributed by atoms with Crippen LogP contribution in [0.5, 0.6) is 0 Å². The highest BCUT2D eigenvalue weighted by Crippen LogP contribution is 2.42. The van der Waals surface area contributed by atoms with E-state index >= 15 is 0 Å². The lowest BCUT2D eigenvalue weighted by Gasteiger charge is -2.33. The third-order valence-corrected chi connectivity index (χ3v) is 10.7. The normalized spacial score (nSPS) is 13.3. The Morgan fingerprint density at radius 3 is 2.10 bits per heavy atom. The van der Waals surface area contributed by atoms with Gasteiger partial charge in [0.2, 0.25) is 5.91 Å². The molecule has 3 unspecified atom stereocenters. The van der Waals surface area contributed by atoms with Gasteiger partial charge in [0.15, 0.2) is 5.00 Å². The van der Waals surface area contributed by atoms with Crippen LogP contribution in [0.25, 0.3) is 10.9 Å². The van der Waals surface area contributed by atoms with Crippen molar-refractivity contribution in [3.05, 3.63) is 50.8 Å². The van der Waals surface area contributed by atoms with Crippen LogP contribution in [0.2, 0.25) is 5.02 Å². The molecule has 2 aromatic rings. The maximum absolute atomic E-state index is 13.6. The van der Waals surface area contributed by atoms with E-state index in [9.17, 15) is 15.3 Å². The highest BCUT2D eigenvalue weighted by Gasteiger charge is 2.22. The number of halogens is 1. The molecule has 0 aliphatic rings. The zero-order chi connectivity index (χ0) is 36.2. The Labute approximate surface area is 304 Å². The highest BCUT2D eigenvalue weighted by molar-refractivity contribution is 7.17. The molecule has 8 nitrogen and oxygen atoms in total. The number of nitrogens with one attached hydrogen (secondary N) is 1. The van der Waals surface area contributed by atoms with Gasteiger partial charge < -0.3 is 10.2 Å². The van der Waals surface area contributed by atoms with Crippen molar-refractivity contribution in [2.24, 2.45) is 28.0 Å². The van der Waals surface area contributed by atoms with E-state index in [0.717, 1.165) is 68.6 Å². The van der Waals surface area contributed by atoms with Crippen LogP contribution in [0.15, 0.2) is 34.1 Å². The van der Waals surface area contributed by atoms with E-state index in [1.807, 2.05) is 25.1 Å². The molecule has 0 radical (unpaired) electrons. The van der Waals surface area contributed by atoms with Crippen molar-refractivity contribution >= 4 is 57.0 Å². The fraction of sp³-hybridized carbons (Fsp3) is 0.590. The Balaban J connectivity index is 2.66. The first-order valence-corrected chi connectivity index (χ1v) is 19.3. The van der Waals surface area contributed by atoms with E-state index in [4.69, 9.17) is 18.2 Å². The lowest BCUT2D eigenvalue weighted by molar-refractivity contribution is -0.120. The van der Waals surface area contributed by atoms with Crippen LogP contribution < -0.4 is 10.2 Å². The van der Waals surface area contributed by atoms with Gasteiger partial charge in [-0.1, -0.05) is 105 Å². The van der Waals surface area contributed by atoms with Gasteiger partial charge in [-0.3, -0.25) is 4.79 Å². The maximum Gasteiger partial charge on any atom is 0.263 e. The van der Waals surface area contributed by atoms with Gasteiger partial charge in [0.05, 0.1) is 23.4 Å². The SMILES string of the molecule is [C-]#[N+]/C(C#N)=C/c1sc(N=Nc2ccc(N(CC(CC)CCCC)CC(CC)CCCC)cc2NC(=O)C(CC)CCCC)c(C#N)c1Cl. The number of carbonyl (C=O) groups excluding carboxylic acids is 1. The zero-order valence-electron chi connectivity index (χ0n) is 30.3. The Morgan fingerprint density at radius 2 is 1.59 bits per heavy atom. The van der Waals surface area contributed by atoms with Crippen molar-refractivity contribution in [2.75, 3.05) is 23.3 Å². The number of hydrogen-bond acceptors (Lipinski definition) is 7. The third kappa shape index (κ3) is 12.9. The van der Waals surface area contributed by atoms with Crippen LogP contribution >= 0.6 is 22.9 Å². The molecule has 0 bridgehead atoms. The van der Waals surface area contributed by atoms with E-state index < -0.39 is 0 Å². The number of nitrogens with zero attached hydrogens (tertiary/aromatic N) is 6. The minimum atomic E-state index is -0.144. The lowest BCUT2D eigenvalue weighted by atomic mass is 9.95. The molecule has 1 N–H and O–H groups in total. The average molecular weight is 704 g/mol. The van der Waals surface area contributed by atoms with Gasteiger partial charge in [-0.25, -0.2) is 10.1 Å². The van der Waals surface area contributed by atoms with Crippen molar-refractivity contribution in [2.45, 2.75) is 119 Å². The second-order valence-corrected chi connectivity index (χ2v) is 14.1. The first-order valence-electron chi connectivity index (χ1n) is 18.1. The predicted molar refractivity (Wildman–Crippen MR) is 206 cm³/mol. The number of carbonyl (C=O) groups is 1. The fourth-order valence-corrected chi connectivity index (χ4v) is 7.11. The number of anilines is 2. The lowest BCUT2D eigenvalue weighted by Crippen LogP contribution is -2.34. The summed E-state index contributed by atoms with van der Waals surface area (Å²) in [6.45, 7) is 22.3. The van der Waals surface area contributed by atoms with Gasteiger partial charge in [0.25, 0.3) is 5.70 Å². The van der Waals surface area contributed by atoms with Gasteiger partial charge in [-0.2, -0.15) is 5.26 Å². The molecule has 0 fully saturated rings. The van der Waals surface area contributed by atoms with E-state index in [0.29, 0.717) is 28.1 Å². The molecule has 3 atom stereocenters. The van der Waals surface area contributed by atoms with Crippen molar-refractivity contribution in [3.8, 4) is 12.1 Å². The number of rotatable bonds is 22. The van der Waals surface area contributed by atoms with Crippen molar-refractivity contribution < 1.29 is 4.79 Å². The Bertz CT molecular complexity index is 1490. The molecule has 0 aliphatic carbocycles. The first-order chi connectivity index (χ1) is 23.7. The molecular formula is C39H54ClN7OS. The van der Waals surface area contributed by atoms with Gasteiger partial charge in [-0.15, -0.1) is 21.6 Å². The smallest absolute Gasteiger partial charge is 0.263 e. The van der Waals surface area contributed by atoms with Crippen LogP contribution in [0, 0.1) is 47.0 Å². The molecule has 264 valence electrons. The summed E-state index contributed by atoms with van der Waals surface area (Å²) < 4.78 is 0. The molecule has 1 amide bonds. The maximum atomic E-state index is 13.6. The summed E-state index contributed by atoms with van der Waals surface area (Å²) in [6, 6.07) is 9.89. The van der Waals surface area contributed by atoms with Gasteiger partial charge in [-0.05, 0) is 61.8 Å². The molecule has 0 saturated heterocycles. The molecule has 49 heavy (non-hydrogen) atoms. The minimum absolute atomic E-state index is 0.0349. The first kappa shape index (κ1) is 41.5. The van der Waals surface area contributed by atoms with Crippen LogP contribution in [0.3, 0.4) is 0 Å². The van der Waals surface area contributed by atoms with Gasteiger partial charge in [0.1, 0.15) is 17.3 Å². The molecular weight excluding hydrogens is 650 g/mol. The Morgan fingerprint density at radius 1 is 0.980 bits per heavy atom. The van der Waals surface area contributed by atoms with E-state index in [-0.39, 0.29) is 33.1 Å². The molecule has 0 spiro atoms. The van der Waals surface area contributed by atoms with Crippen LogP contribution in [0.1, 0.15) is 129 Å². The summed E-state index contributed by atoms with van der Waals surface area (Å²) in [6.07, 6.45) is 14.3. The fourth-order valence-electron chi connectivity index (χ4n) is 5.85. The van der Waals surface area contributed by atoms with E-state index in [2.05, 4.69) is 72.0 Å². The topological polar surface area (TPSA) is 109 Å². The zero-order valence-corrected chi connectivity index (χ0v) is 31.9. The number of amides is 1. The van der Waals surface area contributed by atoms with Crippen LogP contribution in [-0.4, -0.2) is 19.0 Å².